The van der Waals surface area contributed by atoms with Gasteiger partial charge >= 0.3 is 0 Å². The number of hydrogen-bond donors (Lipinski definition) is 0. The number of amides is 1. The standard InChI is InChI=1S/C19H25N3O2/c1-14-17(15(2)24-21-14)7-8-19(23)22-13-5-3-4-6-18(22)16-9-11-20-12-10-16/h9-12,18H,3-8,13H2,1-2H3. The Labute approximate surface area is 143 Å². The third-order valence-corrected chi connectivity index (χ3v) is 4.93. The van der Waals surface area contributed by atoms with E-state index in [9.17, 15) is 4.79 Å². The SMILES string of the molecule is Cc1noc(C)c1CCC(=O)N1CCCCCC1c1ccncc1. The summed E-state index contributed by atoms with van der Waals surface area (Å²) in [6.07, 6.45) is 9.29. The normalized spacial score (nSPS) is 18.4. The van der Waals surface area contributed by atoms with Crippen LogP contribution in [0.25, 0.3) is 0 Å². The van der Waals surface area contributed by atoms with Gasteiger partial charge in [0, 0.05) is 30.9 Å². The lowest BCUT2D eigenvalue weighted by molar-refractivity contribution is -0.133. The highest BCUT2D eigenvalue weighted by Gasteiger charge is 2.26. The number of carbonyl (C=O) groups excluding carboxylic acids is 1. The molecule has 24 heavy (non-hydrogen) atoms. The van der Waals surface area contributed by atoms with E-state index < -0.39 is 0 Å². The van der Waals surface area contributed by atoms with Gasteiger partial charge in [0.05, 0.1) is 11.7 Å². The molecule has 0 N–H and O–H groups in total. The van der Waals surface area contributed by atoms with E-state index in [0.717, 1.165) is 36.4 Å². The first-order valence-electron chi connectivity index (χ1n) is 8.78. The minimum atomic E-state index is 0.174. The monoisotopic (exact) mass is 327 g/mol. The van der Waals surface area contributed by atoms with Crippen LogP contribution in [0, 0.1) is 13.8 Å². The molecule has 3 heterocycles. The molecule has 128 valence electrons. The number of aromatic nitrogens is 2. The van der Waals surface area contributed by atoms with E-state index in [1.807, 2.05) is 38.4 Å². The van der Waals surface area contributed by atoms with Crippen molar-refractivity contribution in [3.63, 3.8) is 0 Å². The Hall–Kier alpha value is -2.17. The quantitative estimate of drug-likeness (QED) is 0.858. The Balaban J connectivity index is 1.73. The Morgan fingerprint density at radius 1 is 1.25 bits per heavy atom. The fraction of sp³-hybridized carbons (Fsp3) is 0.526. The second-order valence-corrected chi connectivity index (χ2v) is 6.54. The molecule has 0 bridgehead atoms. The summed E-state index contributed by atoms with van der Waals surface area (Å²) in [6.45, 7) is 4.68. The van der Waals surface area contributed by atoms with Gasteiger partial charge in [-0.25, -0.2) is 0 Å². The first-order chi connectivity index (χ1) is 11.7. The molecule has 0 aliphatic carbocycles. The van der Waals surface area contributed by atoms with E-state index >= 15 is 0 Å². The zero-order valence-corrected chi connectivity index (χ0v) is 14.5. The van der Waals surface area contributed by atoms with E-state index in [4.69, 9.17) is 4.52 Å². The van der Waals surface area contributed by atoms with Crippen LogP contribution in [0.3, 0.4) is 0 Å². The number of pyridine rings is 1. The highest BCUT2D eigenvalue weighted by Crippen LogP contribution is 2.30. The van der Waals surface area contributed by atoms with Crippen LogP contribution in [0.15, 0.2) is 29.0 Å². The Kier molecular flexibility index (Phi) is 5.28. The van der Waals surface area contributed by atoms with Crippen LogP contribution in [-0.2, 0) is 11.2 Å². The minimum Gasteiger partial charge on any atom is -0.361 e. The summed E-state index contributed by atoms with van der Waals surface area (Å²) in [7, 11) is 0. The van der Waals surface area contributed by atoms with Crippen LogP contribution >= 0.6 is 0 Å². The molecule has 1 aliphatic rings. The number of aryl methyl sites for hydroxylation is 2. The second-order valence-electron chi connectivity index (χ2n) is 6.54. The maximum atomic E-state index is 12.9. The van der Waals surface area contributed by atoms with Gasteiger partial charge in [0.25, 0.3) is 0 Å². The van der Waals surface area contributed by atoms with Gasteiger partial charge in [-0.1, -0.05) is 18.0 Å². The Morgan fingerprint density at radius 3 is 2.75 bits per heavy atom. The van der Waals surface area contributed by atoms with Crippen LogP contribution < -0.4 is 0 Å². The van der Waals surface area contributed by atoms with Crippen molar-refractivity contribution in [2.75, 3.05) is 6.54 Å². The third-order valence-electron chi connectivity index (χ3n) is 4.93. The molecule has 0 spiro atoms. The summed E-state index contributed by atoms with van der Waals surface area (Å²) in [5, 5.41) is 3.98. The lowest BCUT2D eigenvalue weighted by Gasteiger charge is -2.30. The molecule has 1 aliphatic heterocycles. The van der Waals surface area contributed by atoms with Gasteiger partial charge in [-0.05, 0) is 50.8 Å². The van der Waals surface area contributed by atoms with Crippen LogP contribution in [0.5, 0.6) is 0 Å². The molecule has 5 heteroatoms. The van der Waals surface area contributed by atoms with Crippen LogP contribution in [0.1, 0.15) is 60.7 Å². The summed E-state index contributed by atoms with van der Waals surface area (Å²) in [5.74, 6) is 1.04. The second kappa shape index (κ2) is 7.60. The first kappa shape index (κ1) is 16.7. The molecular formula is C19H25N3O2. The Morgan fingerprint density at radius 2 is 2.04 bits per heavy atom. The molecule has 5 nitrogen and oxygen atoms in total. The van der Waals surface area contributed by atoms with Crippen molar-refractivity contribution in [3.8, 4) is 0 Å². The zero-order valence-electron chi connectivity index (χ0n) is 14.5. The molecule has 1 fully saturated rings. The highest BCUT2D eigenvalue weighted by atomic mass is 16.5. The summed E-state index contributed by atoms with van der Waals surface area (Å²) >= 11 is 0. The smallest absolute Gasteiger partial charge is 0.223 e. The summed E-state index contributed by atoms with van der Waals surface area (Å²) in [5.41, 5.74) is 3.15. The van der Waals surface area contributed by atoms with Gasteiger partial charge in [-0.15, -0.1) is 0 Å². The summed E-state index contributed by atoms with van der Waals surface area (Å²) in [4.78, 5) is 19.1. The molecule has 0 radical (unpaired) electrons. The molecule has 2 aromatic rings. The fourth-order valence-corrected chi connectivity index (χ4v) is 3.57. The van der Waals surface area contributed by atoms with Crippen molar-refractivity contribution in [3.05, 3.63) is 47.1 Å². The molecule has 1 saturated heterocycles. The maximum Gasteiger partial charge on any atom is 0.223 e. The van der Waals surface area contributed by atoms with E-state index in [1.54, 1.807) is 0 Å². The number of carbonyl (C=O) groups is 1. The van der Waals surface area contributed by atoms with Gasteiger partial charge < -0.3 is 9.42 Å². The Bertz CT molecular complexity index is 662. The predicted octanol–water partition coefficient (Wildman–Crippen LogP) is 3.76. The van der Waals surface area contributed by atoms with Crippen molar-refractivity contribution in [2.24, 2.45) is 0 Å². The average Bonchev–Trinajstić information content (AvgIpc) is 2.81. The largest absolute Gasteiger partial charge is 0.361 e. The van der Waals surface area contributed by atoms with Crippen LogP contribution in [0.2, 0.25) is 0 Å². The zero-order chi connectivity index (χ0) is 16.9. The minimum absolute atomic E-state index is 0.174. The van der Waals surface area contributed by atoms with Gasteiger partial charge in [0.2, 0.25) is 5.91 Å². The molecule has 0 saturated carbocycles. The van der Waals surface area contributed by atoms with Gasteiger partial charge in [-0.2, -0.15) is 0 Å². The lowest BCUT2D eigenvalue weighted by atomic mass is 10.0. The topological polar surface area (TPSA) is 59.2 Å². The maximum absolute atomic E-state index is 12.9. The van der Waals surface area contributed by atoms with Crippen molar-refractivity contribution in [1.82, 2.24) is 15.0 Å². The lowest BCUT2D eigenvalue weighted by Crippen LogP contribution is -2.35. The van der Waals surface area contributed by atoms with Crippen LogP contribution in [-0.4, -0.2) is 27.5 Å². The van der Waals surface area contributed by atoms with Crippen LogP contribution in [0.4, 0.5) is 0 Å². The van der Waals surface area contributed by atoms with E-state index in [0.29, 0.717) is 12.8 Å². The molecule has 1 unspecified atom stereocenters. The molecular weight excluding hydrogens is 302 g/mol. The summed E-state index contributed by atoms with van der Waals surface area (Å²) in [6, 6.07) is 4.24. The van der Waals surface area contributed by atoms with E-state index in [-0.39, 0.29) is 11.9 Å². The molecule has 1 amide bonds. The number of hydrogen-bond acceptors (Lipinski definition) is 4. The molecule has 2 aromatic heterocycles. The van der Waals surface area contributed by atoms with Crippen molar-refractivity contribution in [2.45, 2.75) is 58.4 Å². The average molecular weight is 327 g/mol. The van der Waals surface area contributed by atoms with Gasteiger partial charge in [0.15, 0.2) is 0 Å². The van der Waals surface area contributed by atoms with Gasteiger partial charge in [0.1, 0.15) is 5.76 Å². The van der Waals surface area contributed by atoms with Crippen molar-refractivity contribution < 1.29 is 9.32 Å². The highest BCUT2D eigenvalue weighted by molar-refractivity contribution is 5.77. The number of rotatable bonds is 4. The van der Waals surface area contributed by atoms with Gasteiger partial charge in [-0.3, -0.25) is 9.78 Å². The predicted molar refractivity (Wildman–Crippen MR) is 91.5 cm³/mol. The van der Waals surface area contributed by atoms with Crippen molar-refractivity contribution in [1.29, 1.82) is 0 Å². The molecule has 1 atom stereocenters. The van der Waals surface area contributed by atoms with E-state index in [2.05, 4.69) is 15.0 Å². The first-order valence-corrected chi connectivity index (χ1v) is 8.78. The fourth-order valence-electron chi connectivity index (χ4n) is 3.57. The molecule has 3 rings (SSSR count). The summed E-state index contributed by atoms with van der Waals surface area (Å²) < 4.78 is 5.20. The number of nitrogens with zero attached hydrogens (tertiary/aromatic N) is 3. The third kappa shape index (κ3) is 3.66. The van der Waals surface area contributed by atoms with E-state index in [1.165, 1.54) is 18.4 Å². The van der Waals surface area contributed by atoms with Crippen molar-refractivity contribution >= 4 is 5.91 Å². The number of likely N-dealkylation sites (tertiary alicyclic amines) is 1. The molecule has 0 aromatic carbocycles.